The van der Waals surface area contributed by atoms with Crippen LogP contribution >= 0.6 is 11.3 Å². The Balaban J connectivity index is 1.32. The minimum atomic E-state index is -0.258. The number of aromatic nitrogens is 2. The second-order valence-corrected chi connectivity index (χ2v) is 8.34. The van der Waals surface area contributed by atoms with Gasteiger partial charge in [-0.05, 0) is 44.5 Å². The maximum Gasteiger partial charge on any atom is 0.286 e. The molecule has 1 aromatic heterocycles. The minimum Gasteiger partial charge on any atom is -0.355 e. The maximum atomic E-state index is 12.2. The Morgan fingerprint density at radius 1 is 1.03 bits per heavy atom. The number of para-hydroxylation sites is 1. The summed E-state index contributed by atoms with van der Waals surface area (Å²) in [4.78, 5) is 26.7. The smallest absolute Gasteiger partial charge is 0.286 e. The van der Waals surface area contributed by atoms with E-state index in [1.165, 1.54) is 37.0 Å². The van der Waals surface area contributed by atoms with Crippen molar-refractivity contribution >= 4 is 28.8 Å². The number of amides is 2. The monoisotopic (exact) mass is 415 g/mol. The zero-order valence-electron chi connectivity index (χ0n) is 16.7. The van der Waals surface area contributed by atoms with Crippen LogP contribution in [0.15, 0.2) is 30.3 Å². The number of carbonyl (C=O) groups excluding carboxylic acids is 2. The lowest BCUT2D eigenvalue weighted by Crippen LogP contribution is -2.35. The molecule has 0 unspecified atom stereocenters. The van der Waals surface area contributed by atoms with Crippen molar-refractivity contribution in [3.8, 4) is 0 Å². The van der Waals surface area contributed by atoms with Gasteiger partial charge in [0.15, 0.2) is 0 Å². The largest absolute Gasteiger partial charge is 0.355 e. The number of rotatable bonds is 9. The first-order valence-electron chi connectivity index (χ1n) is 10.4. The number of benzene rings is 1. The molecule has 0 bridgehead atoms. The number of aryl methyl sites for hydroxylation is 1. The van der Waals surface area contributed by atoms with Crippen molar-refractivity contribution in [2.45, 2.75) is 44.9 Å². The summed E-state index contributed by atoms with van der Waals surface area (Å²) in [5, 5.41) is 15.0. The molecule has 156 valence electrons. The lowest BCUT2D eigenvalue weighted by atomic mass is 10.2. The third-order valence-corrected chi connectivity index (χ3v) is 5.92. The molecule has 1 aliphatic heterocycles. The van der Waals surface area contributed by atoms with Crippen LogP contribution in [-0.4, -0.2) is 53.1 Å². The Morgan fingerprint density at radius 3 is 2.55 bits per heavy atom. The Bertz CT molecular complexity index is 772. The zero-order chi connectivity index (χ0) is 20.3. The molecule has 2 heterocycles. The molecule has 1 aliphatic rings. The van der Waals surface area contributed by atoms with E-state index in [2.05, 4.69) is 25.7 Å². The normalized spacial score (nSPS) is 14.9. The molecule has 1 saturated heterocycles. The molecule has 2 N–H and O–H groups in total. The quantitative estimate of drug-likeness (QED) is 0.657. The van der Waals surface area contributed by atoms with Crippen LogP contribution in [0.2, 0.25) is 0 Å². The van der Waals surface area contributed by atoms with Crippen molar-refractivity contribution in [3.63, 3.8) is 0 Å². The lowest BCUT2D eigenvalue weighted by molar-refractivity contribution is -0.121. The summed E-state index contributed by atoms with van der Waals surface area (Å²) in [6, 6.07) is 9.26. The second kappa shape index (κ2) is 11.6. The number of nitrogens with zero attached hydrogens (tertiary/aromatic N) is 3. The summed E-state index contributed by atoms with van der Waals surface area (Å²) in [6.45, 7) is 3.93. The molecule has 2 aromatic rings. The molecule has 0 aliphatic carbocycles. The number of hydrogen-bond donors (Lipinski definition) is 2. The minimum absolute atomic E-state index is 0.0754. The van der Waals surface area contributed by atoms with E-state index in [9.17, 15) is 9.59 Å². The van der Waals surface area contributed by atoms with E-state index < -0.39 is 0 Å². The molecule has 1 aromatic carbocycles. The molecule has 0 spiro atoms. The lowest BCUT2D eigenvalue weighted by Gasteiger charge is -2.19. The number of hydrogen-bond acceptors (Lipinski definition) is 6. The van der Waals surface area contributed by atoms with Crippen LogP contribution in [0.4, 0.5) is 5.69 Å². The van der Waals surface area contributed by atoms with Crippen LogP contribution in [-0.2, 0) is 11.2 Å². The average molecular weight is 416 g/mol. The van der Waals surface area contributed by atoms with Gasteiger partial charge in [-0.3, -0.25) is 9.59 Å². The van der Waals surface area contributed by atoms with Crippen LogP contribution < -0.4 is 10.6 Å². The summed E-state index contributed by atoms with van der Waals surface area (Å²) in [6.07, 6.45) is 6.99. The Morgan fingerprint density at radius 2 is 1.79 bits per heavy atom. The Labute approximate surface area is 175 Å². The number of nitrogens with one attached hydrogen (secondary N) is 2. The zero-order valence-corrected chi connectivity index (χ0v) is 17.5. The highest BCUT2D eigenvalue weighted by molar-refractivity contribution is 7.13. The highest BCUT2D eigenvalue weighted by atomic mass is 32.1. The van der Waals surface area contributed by atoms with Crippen molar-refractivity contribution in [2.75, 3.05) is 31.5 Å². The highest BCUT2D eigenvalue weighted by Gasteiger charge is 2.13. The third kappa shape index (κ3) is 7.55. The first-order chi connectivity index (χ1) is 14.2. The standard InChI is InChI=1S/C21H29N5O2S/c27-18(22-13-16-26-14-6-1-2-7-15-26)11-8-12-19-24-25-21(29-19)20(28)23-17-9-4-3-5-10-17/h3-5,9-10H,1-2,6-8,11-16H2,(H,22,27)(H,23,28). The van der Waals surface area contributed by atoms with E-state index >= 15 is 0 Å². The van der Waals surface area contributed by atoms with E-state index in [1.54, 1.807) is 0 Å². The first-order valence-corrected chi connectivity index (χ1v) is 11.2. The summed E-state index contributed by atoms with van der Waals surface area (Å²) in [5.41, 5.74) is 0.728. The van der Waals surface area contributed by atoms with Gasteiger partial charge in [-0.25, -0.2) is 0 Å². The van der Waals surface area contributed by atoms with Gasteiger partial charge in [0.1, 0.15) is 5.01 Å². The van der Waals surface area contributed by atoms with Crippen molar-refractivity contribution in [1.82, 2.24) is 20.4 Å². The van der Waals surface area contributed by atoms with Gasteiger partial charge in [-0.15, -0.1) is 10.2 Å². The van der Waals surface area contributed by atoms with Gasteiger partial charge in [0, 0.05) is 31.6 Å². The van der Waals surface area contributed by atoms with Crippen LogP contribution in [0.5, 0.6) is 0 Å². The Hall–Kier alpha value is -2.32. The summed E-state index contributed by atoms with van der Waals surface area (Å²) < 4.78 is 0. The number of carbonyl (C=O) groups is 2. The second-order valence-electron chi connectivity index (χ2n) is 7.28. The molecule has 0 radical (unpaired) electrons. The van der Waals surface area contributed by atoms with Crippen LogP contribution in [0.25, 0.3) is 0 Å². The molecular formula is C21H29N5O2S. The van der Waals surface area contributed by atoms with Crippen molar-refractivity contribution in [3.05, 3.63) is 40.3 Å². The van der Waals surface area contributed by atoms with Gasteiger partial charge in [-0.1, -0.05) is 42.4 Å². The average Bonchev–Trinajstić information content (AvgIpc) is 3.05. The molecule has 0 atom stereocenters. The van der Waals surface area contributed by atoms with Gasteiger partial charge in [0.25, 0.3) is 5.91 Å². The third-order valence-electron chi connectivity index (χ3n) is 4.94. The van der Waals surface area contributed by atoms with E-state index in [0.717, 1.165) is 30.3 Å². The topological polar surface area (TPSA) is 87.2 Å². The van der Waals surface area contributed by atoms with E-state index in [-0.39, 0.29) is 11.8 Å². The van der Waals surface area contributed by atoms with Crippen LogP contribution in [0.1, 0.15) is 53.3 Å². The summed E-state index contributed by atoms with van der Waals surface area (Å²) in [7, 11) is 0. The predicted octanol–water partition coefficient (Wildman–Crippen LogP) is 3.11. The van der Waals surface area contributed by atoms with E-state index in [0.29, 0.717) is 30.8 Å². The summed E-state index contributed by atoms with van der Waals surface area (Å²) in [5.74, 6) is -0.183. The van der Waals surface area contributed by atoms with Gasteiger partial charge in [0.2, 0.25) is 10.9 Å². The fourth-order valence-corrected chi connectivity index (χ4v) is 4.13. The fourth-order valence-electron chi connectivity index (χ4n) is 3.35. The van der Waals surface area contributed by atoms with Gasteiger partial charge >= 0.3 is 0 Å². The van der Waals surface area contributed by atoms with Gasteiger partial charge in [0.05, 0.1) is 0 Å². The SMILES string of the molecule is O=C(CCCc1nnc(C(=O)Nc2ccccc2)s1)NCCN1CCCCCC1. The maximum absolute atomic E-state index is 12.2. The van der Waals surface area contributed by atoms with Crippen LogP contribution in [0, 0.1) is 0 Å². The first kappa shape index (κ1) is 21.4. The Kier molecular flexibility index (Phi) is 8.58. The molecule has 2 amide bonds. The van der Waals surface area contributed by atoms with E-state index in [1.807, 2.05) is 30.3 Å². The fraction of sp³-hybridized carbons (Fsp3) is 0.524. The molecule has 3 rings (SSSR count). The molecular weight excluding hydrogens is 386 g/mol. The molecule has 7 nitrogen and oxygen atoms in total. The number of anilines is 1. The summed E-state index contributed by atoms with van der Waals surface area (Å²) >= 11 is 1.28. The van der Waals surface area contributed by atoms with Crippen LogP contribution in [0.3, 0.4) is 0 Å². The highest BCUT2D eigenvalue weighted by Crippen LogP contribution is 2.15. The van der Waals surface area contributed by atoms with Gasteiger partial charge in [-0.2, -0.15) is 0 Å². The molecule has 0 saturated carbocycles. The van der Waals surface area contributed by atoms with Crippen molar-refractivity contribution in [2.24, 2.45) is 0 Å². The van der Waals surface area contributed by atoms with E-state index in [4.69, 9.17) is 0 Å². The predicted molar refractivity (Wildman–Crippen MR) is 115 cm³/mol. The molecule has 8 heteroatoms. The number of likely N-dealkylation sites (tertiary alicyclic amines) is 1. The van der Waals surface area contributed by atoms with Gasteiger partial charge < -0.3 is 15.5 Å². The van der Waals surface area contributed by atoms with Crippen molar-refractivity contribution in [1.29, 1.82) is 0 Å². The molecule has 29 heavy (non-hydrogen) atoms. The van der Waals surface area contributed by atoms with Crippen molar-refractivity contribution < 1.29 is 9.59 Å². The molecule has 1 fully saturated rings.